The Morgan fingerprint density at radius 2 is 1.90 bits per heavy atom. The number of amides is 2. The first-order valence-corrected chi connectivity index (χ1v) is 15.1. The van der Waals surface area contributed by atoms with Crippen molar-refractivity contribution in [3.8, 4) is 11.5 Å². The standard InChI is InChI=1S/C32H37N3O6S/c1-5-16-40-25-9-7-8-22(18-25)19-33-35-29(36)21(4)41-24-13-11-23(12-14-24)30(37)34-31-28(32(38)39-6-2)26-15-10-20(3)17-27(26)42-31/h7-9,11-14,18-21H,5-6,10,15-17H2,1-4H3,(H,34,37)(H,35,36)/b33-19-/t20-,21-/m1/s1. The molecule has 0 spiro atoms. The van der Waals surface area contributed by atoms with Crippen molar-refractivity contribution in [1.82, 2.24) is 5.43 Å². The van der Waals surface area contributed by atoms with E-state index < -0.39 is 18.0 Å². The van der Waals surface area contributed by atoms with Crippen molar-refractivity contribution in [2.24, 2.45) is 11.0 Å². The number of ether oxygens (including phenoxy) is 3. The van der Waals surface area contributed by atoms with Crippen molar-refractivity contribution in [2.75, 3.05) is 18.5 Å². The molecule has 2 aromatic carbocycles. The molecule has 0 fully saturated rings. The van der Waals surface area contributed by atoms with Gasteiger partial charge in [-0.3, -0.25) is 9.59 Å². The lowest BCUT2D eigenvalue weighted by Crippen LogP contribution is -2.33. The van der Waals surface area contributed by atoms with Crippen molar-refractivity contribution in [3.63, 3.8) is 0 Å². The van der Waals surface area contributed by atoms with Gasteiger partial charge >= 0.3 is 5.97 Å². The highest BCUT2D eigenvalue weighted by Gasteiger charge is 2.29. The monoisotopic (exact) mass is 591 g/mol. The number of fused-ring (bicyclic) bond motifs is 1. The Kier molecular flexibility index (Phi) is 10.7. The molecule has 10 heteroatoms. The Bertz CT molecular complexity index is 1430. The van der Waals surface area contributed by atoms with Gasteiger partial charge < -0.3 is 19.5 Å². The second kappa shape index (κ2) is 14.6. The first kappa shape index (κ1) is 30.8. The molecule has 1 aliphatic rings. The Morgan fingerprint density at radius 3 is 2.64 bits per heavy atom. The Hall–Kier alpha value is -4.18. The number of rotatable bonds is 12. The lowest BCUT2D eigenvalue weighted by atomic mass is 9.88. The summed E-state index contributed by atoms with van der Waals surface area (Å²) in [5.74, 6) is 0.518. The van der Waals surface area contributed by atoms with Crippen LogP contribution in [-0.2, 0) is 22.4 Å². The third-order valence-corrected chi connectivity index (χ3v) is 7.91. The highest BCUT2D eigenvalue weighted by Crippen LogP contribution is 2.40. The smallest absolute Gasteiger partial charge is 0.341 e. The summed E-state index contributed by atoms with van der Waals surface area (Å²) in [6, 6.07) is 13.9. The van der Waals surface area contributed by atoms with Crippen LogP contribution in [0, 0.1) is 5.92 Å². The van der Waals surface area contributed by atoms with E-state index in [9.17, 15) is 14.4 Å². The van der Waals surface area contributed by atoms with E-state index in [4.69, 9.17) is 14.2 Å². The minimum atomic E-state index is -0.826. The molecule has 3 aromatic rings. The number of hydrazone groups is 1. The van der Waals surface area contributed by atoms with Crippen molar-refractivity contribution >= 4 is 40.3 Å². The lowest BCUT2D eigenvalue weighted by molar-refractivity contribution is -0.127. The molecule has 0 unspecified atom stereocenters. The van der Waals surface area contributed by atoms with Crippen molar-refractivity contribution < 1.29 is 28.6 Å². The quantitative estimate of drug-likeness (QED) is 0.151. The summed E-state index contributed by atoms with van der Waals surface area (Å²) >= 11 is 1.45. The van der Waals surface area contributed by atoms with Crippen LogP contribution in [0.1, 0.15) is 77.3 Å². The predicted octanol–water partition coefficient (Wildman–Crippen LogP) is 6.01. The van der Waals surface area contributed by atoms with Crippen LogP contribution in [-0.4, -0.2) is 43.3 Å². The lowest BCUT2D eigenvalue weighted by Gasteiger charge is -2.18. The van der Waals surface area contributed by atoms with E-state index in [2.05, 4.69) is 22.8 Å². The molecule has 1 aliphatic carbocycles. The Morgan fingerprint density at radius 1 is 1.12 bits per heavy atom. The number of esters is 1. The average molecular weight is 592 g/mol. The fourth-order valence-corrected chi connectivity index (χ4v) is 5.94. The molecule has 0 bridgehead atoms. The molecule has 2 amide bonds. The maximum absolute atomic E-state index is 13.1. The van der Waals surface area contributed by atoms with Crippen LogP contribution in [0.3, 0.4) is 0 Å². The number of anilines is 1. The highest BCUT2D eigenvalue weighted by molar-refractivity contribution is 7.17. The van der Waals surface area contributed by atoms with E-state index >= 15 is 0 Å². The number of hydrogen-bond donors (Lipinski definition) is 2. The number of carbonyl (C=O) groups excluding carboxylic acids is 3. The van der Waals surface area contributed by atoms with Gasteiger partial charge in [-0.05, 0) is 93.0 Å². The summed E-state index contributed by atoms with van der Waals surface area (Å²) in [4.78, 5) is 39.5. The second-order valence-corrected chi connectivity index (χ2v) is 11.3. The molecule has 42 heavy (non-hydrogen) atoms. The summed E-state index contributed by atoms with van der Waals surface area (Å²) in [5.41, 5.74) is 5.12. The van der Waals surface area contributed by atoms with Gasteiger partial charge in [0.25, 0.3) is 11.8 Å². The van der Waals surface area contributed by atoms with E-state index in [0.29, 0.717) is 34.4 Å². The average Bonchev–Trinajstić information content (AvgIpc) is 3.33. The molecule has 0 saturated carbocycles. The van der Waals surface area contributed by atoms with E-state index in [0.717, 1.165) is 47.4 Å². The van der Waals surface area contributed by atoms with Gasteiger partial charge in [-0.1, -0.05) is 26.0 Å². The van der Waals surface area contributed by atoms with Gasteiger partial charge in [0.2, 0.25) is 0 Å². The molecule has 2 N–H and O–H groups in total. The Labute approximate surface area is 250 Å². The molecular weight excluding hydrogens is 554 g/mol. The fraction of sp³-hybridized carbons (Fsp3) is 0.375. The SMILES string of the molecule is CCCOc1cccc(/C=N\NC(=O)[C@@H](C)Oc2ccc(C(=O)Nc3sc4c(c3C(=O)OCC)CC[C@@H](C)C4)cc2)c1. The number of carbonyl (C=O) groups is 3. The van der Waals surface area contributed by atoms with E-state index in [1.54, 1.807) is 38.1 Å². The third kappa shape index (κ3) is 7.97. The molecule has 0 saturated heterocycles. The van der Waals surface area contributed by atoms with Crippen molar-refractivity contribution in [1.29, 1.82) is 0 Å². The van der Waals surface area contributed by atoms with E-state index in [1.165, 1.54) is 17.6 Å². The largest absolute Gasteiger partial charge is 0.494 e. The zero-order valence-corrected chi connectivity index (χ0v) is 25.2. The molecule has 222 valence electrons. The van der Waals surface area contributed by atoms with E-state index in [-0.39, 0.29) is 12.5 Å². The van der Waals surface area contributed by atoms with Gasteiger partial charge in [-0.25, -0.2) is 10.2 Å². The topological polar surface area (TPSA) is 115 Å². The third-order valence-electron chi connectivity index (χ3n) is 6.74. The molecule has 9 nitrogen and oxygen atoms in total. The summed E-state index contributed by atoms with van der Waals surface area (Å²) in [7, 11) is 0. The van der Waals surface area contributed by atoms with Crippen molar-refractivity contribution in [2.45, 2.75) is 59.5 Å². The van der Waals surface area contributed by atoms with Gasteiger partial charge in [-0.15, -0.1) is 11.3 Å². The van der Waals surface area contributed by atoms with Gasteiger partial charge in [0.1, 0.15) is 16.5 Å². The maximum atomic E-state index is 13.1. The molecule has 1 heterocycles. The number of nitrogens with one attached hydrogen (secondary N) is 2. The van der Waals surface area contributed by atoms with Crippen LogP contribution in [0.25, 0.3) is 0 Å². The van der Waals surface area contributed by atoms with Crippen LogP contribution in [0.2, 0.25) is 0 Å². The minimum Gasteiger partial charge on any atom is -0.494 e. The second-order valence-electron chi connectivity index (χ2n) is 10.2. The van der Waals surface area contributed by atoms with Crippen LogP contribution in [0.4, 0.5) is 5.00 Å². The summed E-state index contributed by atoms with van der Waals surface area (Å²) < 4.78 is 16.7. The van der Waals surface area contributed by atoms with Gasteiger partial charge in [-0.2, -0.15) is 5.10 Å². The Balaban J connectivity index is 1.34. The molecule has 1 aromatic heterocycles. The molecular formula is C32H37N3O6S. The minimum absolute atomic E-state index is 0.264. The zero-order chi connectivity index (χ0) is 30.1. The summed E-state index contributed by atoms with van der Waals surface area (Å²) in [6.07, 6.45) is 4.29. The van der Waals surface area contributed by atoms with Crippen LogP contribution in [0.15, 0.2) is 53.6 Å². The maximum Gasteiger partial charge on any atom is 0.341 e. The number of thiophene rings is 1. The first-order chi connectivity index (χ1) is 20.3. The number of nitrogens with zero attached hydrogens (tertiary/aromatic N) is 1. The molecule has 0 radical (unpaired) electrons. The summed E-state index contributed by atoms with van der Waals surface area (Å²) in [6.45, 7) is 8.50. The van der Waals surface area contributed by atoms with Gasteiger partial charge in [0.05, 0.1) is 25.0 Å². The molecule has 2 atom stereocenters. The van der Waals surface area contributed by atoms with Crippen molar-refractivity contribution in [3.05, 3.63) is 75.7 Å². The molecule has 4 rings (SSSR count). The molecule has 0 aliphatic heterocycles. The van der Waals surface area contributed by atoms with Crippen LogP contribution in [0.5, 0.6) is 11.5 Å². The summed E-state index contributed by atoms with van der Waals surface area (Å²) in [5, 5.41) is 7.45. The fourth-order valence-electron chi connectivity index (χ4n) is 4.54. The normalized spacial score (nSPS) is 15.0. The van der Waals surface area contributed by atoms with E-state index in [1.807, 2.05) is 31.2 Å². The number of benzene rings is 2. The van der Waals surface area contributed by atoms with Gasteiger partial charge in [0, 0.05) is 10.4 Å². The highest BCUT2D eigenvalue weighted by atomic mass is 32.1. The zero-order valence-electron chi connectivity index (χ0n) is 24.4. The van der Waals surface area contributed by atoms with Crippen LogP contribution < -0.4 is 20.2 Å². The predicted molar refractivity (Wildman–Crippen MR) is 164 cm³/mol. The van der Waals surface area contributed by atoms with Gasteiger partial charge in [0.15, 0.2) is 6.10 Å². The first-order valence-electron chi connectivity index (χ1n) is 14.2. The van der Waals surface area contributed by atoms with Crippen LogP contribution >= 0.6 is 11.3 Å². The number of hydrogen-bond acceptors (Lipinski definition) is 8.